The van der Waals surface area contributed by atoms with Crippen molar-refractivity contribution in [2.45, 2.75) is 12.8 Å². The largest absolute Gasteiger partial charge is 0.497 e. The summed E-state index contributed by atoms with van der Waals surface area (Å²) in [5, 5.41) is 6.32. The van der Waals surface area contributed by atoms with Gasteiger partial charge >= 0.3 is 0 Å². The van der Waals surface area contributed by atoms with Gasteiger partial charge in [-0.1, -0.05) is 6.07 Å². The number of benzene rings is 1. The number of rotatable bonds is 6. The third kappa shape index (κ3) is 4.80. The van der Waals surface area contributed by atoms with Crippen LogP contribution in [-0.4, -0.2) is 70.2 Å². The van der Waals surface area contributed by atoms with Crippen LogP contribution in [0.15, 0.2) is 29.3 Å². The maximum Gasteiger partial charge on any atom is 0.223 e. The number of nitrogens with one attached hydrogen (secondary N) is 2. The lowest BCUT2D eigenvalue weighted by molar-refractivity contribution is -0.122. The fourth-order valence-electron chi connectivity index (χ4n) is 3.17. The summed E-state index contributed by atoms with van der Waals surface area (Å²) < 4.78 is 5.32. The van der Waals surface area contributed by atoms with Crippen LogP contribution in [0.4, 0.5) is 5.69 Å². The molecular weight excluding hydrogens is 330 g/mol. The van der Waals surface area contributed by atoms with E-state index < -0.39 is 0 Å². The molecular formula is C19H29N5O2. The molecule has 0 spiro atoms. The molecule has 1 aliphatic heterocycles. The van der Waals surface area contributed by atoms with Gasteiger partial charge in [-0.3, -0.25) is 9.79 Å². The minimum atomic E-state index is 0.189. The van der Waals surface area contributed by atoms with Gasteiger partial charge in [0.2, 0.25) is 5.91 Å². The fourth-order valence-corrected chi connectivity index (χ4v) is 3.17. The molecule has 1 aromatic carbocycles. The van der Waals surface area contributed by atoms with Crippen molar-refractivity contribution in [2.75, 3.05) is 58.3 Å². The average molecular weight is 359 g/mol. The number of carbonyl (C=O) groups excluding carboxylic acids is 1. The second kappa shape index (κ2) is 8.78. The van der Waals surface area contributed by atoms with Crippen LogP contribution in [0.3, 0.4) is 0 Å². The Balaban J connectivity index is 1.42. The van der Waals surface area contributed by atoms with Crippen LogP contribution >= 0.6 is 0 Å². The van der Waals surface area contributed by atoms with Gasteiger partial charge in [-0.25, -0.2) is 0 Å². The van der Waals surface area contributed by atoms with Gasteiger partial charge in [0.25, 0.3) is 0 Å². The molecule has 0 radical (unpaired) electrons. The zero-order valence-corrected chi connectivity index (χ0v) is 15.7. The monoisotopic (exact) mass is 359 g/mol. The van der Waals surface area contributed by atoms with E-state index in [0.29, 0.717) is 13.1 Å². The summed E-state index contributed by atoms with van der Waals surface area (Å²) in [6.45, 7) is 5.02. The quantitative estimate of drug-likeness (QED) is 0.449. The first-order valence-electron chi connectivity index (χ1n) is 9.33. The molecule has 2 fully saturated rings. The summed E-state index contributed by atoms with van der Waals surface area (Å²) in [6, 6.07) is 8.18. The molecule has 1 heterocycles. The van der Waals surface area contributed by atoms with E-state index in [4.69, 9.17) is 4.74 Å². The maximum absolute atomic E-state index is 11.6. The lowest BCUT2D eigenvalue weighted by Gasteiger charge is -2.37. The molecule has 2 N–H and O–H groups in total. The van der Waals surface area contributed by atoms with E-state index in [-0.39, 0.29) is 11.8 Å². The average Bonchev–Trinajstić information content (AvgIpc) is 3.53. The number of hydrogen-bond donors (Lipinski definition) is 2. The Morgan fingerprint density at radius 3 is 2.58 bits per heavy atom. The van der Waals surface area contributed by atoms with Crippen molar-refractivity contribution in [3.8, 4) is 5.75 Å². The highest BCUT2D eigenvalue weighted by molar-refractivity contribution is 5.81. The maximum atomic E-state index is 11.6. The highest BCUT2D eigenvalue weighted by atomic mass is 16.5. The van der Waals surface area contributed by atoms with E-state index in [1.807, 2.05) is 12.1 Å². The number of nitrogens with zero attached hydrogens (tertiary/aromatic N) is 3. The van der Waals surface area contributed by atoms with E-state index in [2.05, 4.69) is 37.6 Å². The van der Waals surface area contributed by atoms with Gasteiger partial charge in [0.05, 0.1) is 7.11 Å². The van der Waals surface area contributed by atoms with Gasteiger partial charge in [-0.2, -0.15) is 0 Å². The second-order valence-electron chi connectivity index (χ2n) is 6.71. The standard InChI is InChI=1S/C19H29N5O2/c1-20-19(22-9-8-21-18(25)15-6-7-15)24-12-10-23(11-13-24)16-4-3-5-17(14-16)26-2/h3-5,14-15H,6-13H2,1-2H3,(H,20,22)(H,21,25). The second-order valence-corrected chi connectivity index (χ2v) is 6.71. The van der Waals surface area contributed by atoms with Crippen LogP contribution in [0.2, 0.25) is 0 Å². The number of piperazine rings is 1. The summed E-state index contributed by atoms with van der Waals surface area (Å²) >= 11 is 0. The molecule has 0 unspecified atom stereocenters. The molecule has 0 bridgehead atoms. The summed E-state index contributed by atoms with van der Waals surface area (Å²) in [5.74, 6) is 2.24. The number of ether oxygens (including phenoxy) is 1. The molecule has 7 heteroatoms. The third-order valence-electron chi connectivity index (χ3n) is 4.86. The van der Waals surface area contributed by atoms with Crippen molar-refractivity contribution >= 4 is 17.6 Å². The first-order chi connectivity index (χ1) is 12.7. The van der Waals surface area contributed by atoms with E-state index in [9.17, 15) is 4.79 Å². The Morgan fingerprint density at radius 1 is 1.19 bits per heavy atom. The molecule has 2 aliphatic rings. The first-order valence-corrected chi connectivity index (χ1v) is 9.33. The first kappa shape index (κ1) is 18.4. The minimum Gasteiger partial charge on any atom is -0.497 e. The zero-order valence-electron chi connectivity index (χ0n) is 15.7. The van der Waals surface area contributed by atoms with Crippen molar-refractivity contribution < 1.29 is 9.53 Å². The summed E-state index contributed by atoms with van der Waals surface area (Å²) in [7, 11) is 3.50. The van der Waals surface area contributed by atoms with Crippen LogP contribution in [0.1, 0.15) is 12.8 Å². The normalized spacial score (nSPS) is 17.8. The number of aliphatic imine (C=N–C) groups is 1. The molecule has 1 aliphatic carbocycles. The van der Waals surface area contributed by atoms with Crippen LogP contribution in [0, 0.1) is 5.92 Å². The van der Waals surface area contributed by atoms with Gasteiger partial charge in [-0.15, -0.1) is 0 Å². The lowest BCUT2D eigenvalue weighted by atomic mass is 10.2. The molecule has 0 atom stereocenters. The molecule has 142 valence electrons. The number of amides is 1. The Kier molecular flexibility index (Phi) is 6.20. The van der Waals surface area contributed by atoms with Crippen molar-refractivity contribution in [2.24, 2.45) is 10.9 Å². The highest BCUT2D eigenvalue weighted by Gasteiger charge is 2.29. The van der Waals surface area contributed by atoms with Crippen LogP contribution in [-0.2, 0) is 4.79 Å². The molecule has 26 heavy (non-hydrogen) atoms. The third-order valence-corrected chi connectivity index (χ3v) is 4.86. The highest BCUT2D eigenvalue weighted by Crippen LogP contribution is 2.28. The predicted molar refractivity (Wildman–Crippen MR) is 104 cm³/mol. The topological polar surface area (TPSA) is 69.2 Å². The SMILES string of the molecule is CN=C(NCCNC(=O)C1CC1)N1CCN(c2cccc(OC)c2)CC1. The number of hydrogen-bond acceptors (Lipinski definition) is 4. The van der Waals surface area contributed by atoms with Crippen molar-refractivity contribution in [1.29, 1.82) is 0 Å². The molecule has 1 amide bonds. The Hall–Kier alpha value is -2.44. The summed E-state index contributed by atoms with van der Waals surface area (Å²) in [5.41, 5.74) is 1.19. The Bertz CT molecular complexity index is 637. The van der Waals surface area contributed by atoms with Crippen LogP contribution in [0.5, 0.6) is 5.75 Å². The molecule has 1 saturated heterocycles. The molecule has 3 rings (SSSR count). The Morgan fingerprint density at radius 2 is 1.92 bits per heavy atom. The number of methoxy groups -OCH3 is 1. The van der Waals surface area contributed by atoms with Crippen LogP contribution < -0.4 is 20.3 Å². The van der Waals surface area contributed by atoms with E-state index in [0.717, 1.165) is 50.7 Å². The number of carbonyl (C=O) groups is 1. The van der Waals surface area contributed by atoms with Gasteiger partial charge in [-0.05, 0) is 25.0 Å². The number of anilines is 1. The minimum absolute atomic E-state index is 0.189. The summed E-state index contributed by atoms with van der Waals surface area (Å²) in [6.07, 6.45) is 2.08. The molecule has 0 aromatic heterocycles. The van der Waals surface area contributed by atoms with Crippen molar-refractivity contribution in [1.82, 2.24) is 15.5 Å². The van der Waals surface area contributed by atoms with Crippen molar-refractivity contribution in [3.05, 3.63) is 24.3 Å². The van der Waals surface area contributed by atoms with Crippen LogP contribution in [0.25, 0.3) is 0 Å². The van der Waals surface area contributed by atoms with Gasteiger partial charge in [0.15, 0.2) is 5.96 Å². The van der Waals surface area contributed by atoms with Crippen molar-refractivity contribution in [3.63, 3.8) is 0 Å². The molecule has 7 nitrogen and oxygen atoms in total. The van der Waals surface area contributed by atoms with Gasteiger partial charge in [0, 0.05) is 64.0 Å². The molecule has 1 saturated carbocycles. The predicted octanol–water partition coefficient (Wildman–Crippen LogP) is 0.919. The van der Waals surface area contributed by atoms with E-state index in [1.165, 1.54) is 5.69 Å². The Labute approximate surface area is 155 Å². The summed E-state index contributed by atoms with van der Waals surface area (Å²) in [4.78, 5) is 20.7. The van der Waals surface area contributed by atoms with E-state index in [1.54, 1.807) is 14.2 Å². The lowest BCUT2D eigenvalue weighted by Crippen LogP contribution is -2.53. The zero-order chi connectivity index (χ0) is 18.4. The van der Waals surface area contributed by atoms with Gasteiger partial charge in [0.1, 0.15) is 5.75 Å². The molecule has 1 aromatic rings. The smallest absolute Gasteiger partial charge is 0.223 e. The number of guanidine groups is 1. The van der Waals surface area contributed by atoms with E-state index >= 15 is 0 Å². The van der Waals surface area contributed by atoms with Gasteiger partial charge < -0.3 is 25.2 Å². The fraction of sp³-hybridized carbons (Fsp3) is 0.579.